The SMILES string of the molecule is COC(=O)C[C@H](C)S[C@@H](C)C(=O)NC(=O)NCC(F)(F)F. The largest absolute Gasteiger partial charge is 0.469 e. The molecular weight excluding hydrogens is 313 g/mol. The molecule has 0 bridgehead atoms. The standard InChI is InChI=1S/C11H17F3N2O4S/c1-6(4-8(17)20-3)21-7(2)9(18)16-10(19)15-5-11(12,13)14/h6-7H,4-5H2,1-3H3,(H2,15,16,18,19)/t6-,7-/m0/s1. The summed E-state index contributed by atoms with van der Waals surface area (Å²) in [5.41, 5.74) is 0. The first kappa shape index (κ1) is 19.6. The van der Waals surface area contributed by atoms with Crippen molar-refractivity contribution < 1.29 is 32.3 Å². The van der Waals surface area contributed by atoms with Crippen LogP contribution >= 0.6 is 11.8 Å². The lowest BCUT2D eigenvalue weighted by Gasteiger charge is -2.16. The highest BCUT2D eigenvalue weighted by atomic mass is 32.2. The van der Waals surface area contributed by atoms with E-state index in [9.17, 15) is 27.6 Å². The van der Waals surface area contributed by atoms with Gasteiger partial charge in [-0.25, -0.2) is 4.79 Å². The van der Waals surface area contributed by atoms with Crippen LogP contribution in [0.25, 0.3) is 0 Å². The summed E-state index contributed by atoms with van der Waals surface area (Å²) in [5.74, 6) is -1.18. The average molecular weight is 330 g/mol. The number of urea groups is 1. The molecule has 0 aromatic heterocycles. The van der Waals surface area contributed by atoms with Crippen LogP contribution in [-0.4, -0.2) is 48.2 Å². The van der Waals surface area contributed by atoms with Crippen LogP contribution in [0.5, 0.6) is 0 Å². The predicted molar refractivity (Wildman–Crippen MR) is 70.7 cm³/mol. The van der Waals surface area contributed by atoms with Gasteiger partial charge >= 0.3 is 18.2 Å². The molecule has 0 saturated heterocycles. The first-order valence-electron chi connectivity index (χ1n) is 5.93. The molecule has 21 heavy (non-hydrogen) atoms. The Kier molecular flexibility index (Phi) is 8.15. The second-order valence-corrected chi connectivity index (χ2v) is 5.94. The molecule has 0 unspecified atom stereocenters. The van der Waals surface area contributed by atoms with E-state index >= 15 is 0 Å². The summed E-state index contributed by atoms with van der Waals surface area (Å²) in [6, 6.07) is -1.22. The third kappa shape index (κ3) is 9.99. The first-order valence-corrected chi connectivity index (χ1v) is 6.87. The Morgan fingerprint density at radius 3 is 2.29 bits per heavy atom. The number of alkyl halides is 3. The minimum atomic E-state index is -4.55. The molecule has 0 fully saturated rings. The third-order valence-electron chi connectivity index (χ3n) is 2.17. The van der Waals surface area contributed by atoms with Gasteiger partial charge in [-0.1, -0.05) is 6.92 Å². The zero-order valence-corrected chi connectivity index (χ0v) is 12.6. The van der Waals surface area contributed by atoms with Crippen LogP contribution in [0, 0.1) is 0 Å². The molecule has 0 rings (SSSR count). The number of carbonyl (C=O) groups excluding carboxylic acids is 3. The highest BCUT2D eigenvalue weighted by molar-refractivity contribution is 8.01. The van der Waals surface area contributed by atoms with Crippen molar-refractivity contribution in [3.8, 4) is 0 Å². The summed E-state index contributed by atoms with van der Waals surface area (Å²) in [7, 11) is 1.24. The van der Waals surface area contributed by atoms with E-state index in [1.54, 1.807) is 12.2 Å². The maximum atomic E-state index is 11.9. The van der Waals surface area contributed by atoms with E-state index in [2.05, 4.69) is 4.74 Å². The van der Waals surface area contributed by atoms with E-state index in [-0.39, 0.29) is 11.7 Å². The Hall–Kier alpha value is -1.45. The zero-order chi connectivity index (χ0) is 16.6. The molecule has 0 spiro atoms. The van der Waals surface area contributed by atoms with Crippen LogP contribution in [0.1, 0.15) is 20.3 Å². The lowest BCUT2D eigenvalue weighted by atomic mass is 10.3. The Morgan fingerprint density at radius 2 is 1.81 bits per heavy atom. The highest BCUT2D eigenvalue weighted by Gasteiger charge is 2.28. The summed E-state index contributed by atoms with van der Waals surface area (Å²) >= 11 is 1.10. The fourth-order valence-corrected chi connectivity index (χ4v) is 2.33. The normalized spacial score (nSPS) is 14.0. The van der Waals surface area contributed by atoms with Gasteiger partial charge in [-0.05, 0) is 6.92 Å². The summed E-state index contributed by atoms with van der Waals surface area (Å²) in [6.45, 7) is 1.65. The van der Waals surface area contributed by atoms with Crippen LogP contribution in [-0.2, 0) is 14.3 Å². The minimum absolute atomic E-state index is 0.0824. The van der Waals surface area contributed by atoms with Crippen LogP contribution in [0.3, 0.4) is 0 Å². The van der Waals surface area contributed by atoms with Crippen LogP contribution < -0.4 is 10.6 Å². The number of carbonyl (C=O) groups is 3. The monoisotopic (exact) mass is 330 g/mol. The molecule has 6 nitrogen and oxygen atoms in total. The number of thioether (sulfide) groups is 1. The number of hydrogen-bond acceptors (Lipinski definition) is 5. The number of hydrogen-bond donors (Lipinski definition) is 2. The molecule has 0 aromatic carbocycles. The lowest BCUT2D eigenvalue weighted by Crippen LogP contribution is -2.45. The third-order valence-corrected chi connectivity index (χ3v) is 3.43. The molecule has 3 amide bonds. The number of nitrogens with one attached hydrogen (secondary N) is 2. The molecule has 2 atom stereocenters. The number of methoxy groups -OCH3 is 1. The molecule has 0 heterocycles. The molecule has 122 valence electrons. The topological polar surface area (TPSA) is 84.5 Å². The van der Waals surface area contributed by atoms with E-state index < -0.39 is 35.9 Å². The van der Waals surface area contributed by atoms with Crippen LogP contribution in [0.2, 0.25) is 0 Å². The van der Waals surface area contributed by atoms with Crippen molar-refractivity contribution in [1.29, 1.82) is 0 Å². The molecule has 0 aliphatic heterocycles. The van der Waals surface area contributed by atoms with E-state index in [4.69, 9.17) is 0 Å². The van der Waals surface area contributed by atoms with E-state index in [0.29, 0.717) is 0 Å². The molecule has 2 N–H and O–H groups in total. The number of amides is 3. The lowest BCUT2D eigenvalue weighted by molar-refractivity contribution is -0.140. The van der Waals surface area contributed by atoms with E-state index in [1.165, 1.54) is 19.4 Å². The number of halogens is 3. The Morgan fingerprint density at radius 1 is 1.24 bits per heavy atom. The van der Waals surface area contributed by atoms with Gasteiger partial charge in [0.05, 0.1) is 18.8 Å². The maximum Gasteiger partial charge on any atom is 0.405 e. The van der Waals surface area contributed by atoms with Crippen LogP contribution in [0.15, 0.2) is 0 Å². The smallest absolute Gasteiger partial charge is 0.405 e. The van der Waals surface area contributed by atoms with Crippen molar-refractivity contribution in [2.75, 3.05) is 13.7 Å². The second kappa shape index (κ2) is 8.75. The first-order chi connectivity index (χ1) is 9.55. The summed E-state index contributed by atoms with van der Waals surface area (Å²) < 4.78 is 40.1. The number of rotatable bonds is 6. The van der Waals surface area contributed by atoms with Gasteiger partial charge in [-0.3, -0.25) is 14.9 Å². The molecule has 0 radical (unpaired) electrons. The van der Waals surface area contributed by atoms with Crippen LogP contribution in [0.4, 0.5) is 18.0 Å². The van der Waals surface area contributed by atoms with Crippen molar-refractivity contribution in [3.63, 3.8) is 0 Å². The zero-order valence-electron chi connectivity index (χ0n) is 11.7. The quantitative estimate of drug-likeness (QED) is 0.720. The molecule has 0 aromatic rings. The molecule has 0 saturated carbocycles. The number of ether oxygens (including phenoxy) is 1. The predicted octanol–water partition coefficient (Wildman–Crippen LogP) is 1.45. The fraction of sp³-hybridized carbons (Fsp3) is 0.727. The number of esters is 1. The summed E-state index contributed by atoms with van der Waals surface area (Å²) in [5, 5.41) is 2.38. The molecule has 10 heteroatoms. The van der Waals surface area contributed by atoms with E-state index in [0.717, 1.165) is 11.8 Å². The Labute approximate surface area is 124 Å². The summed E-state index contributed by atoms with van der Waals surface area (Å²) in [4.78, 5) is 33.7. The van der Waals surface area contributed by atoms with Crippen molar-refractivity contribution in [1.82, 2.24) is 10.6 Å². The van der Waals surface area contributed by atoms with Gasteiger partial charge in [-0.2, -0.15) is 13.2 Å². The van der Waals surface area contributed by atoms with E-state index in [1.807, 2.05) is 0 Å². The van der Waals surface area contributed by atoms with Gasteiger partial charge in [0.2, 0.25) is 5.91 Å². The average Bonchev–Trinajstić information content (AvgIpc) is 2.34. The molecular formula is C11H17F3N2O4S. The van der Waals surface area contributed by atoms with Gasteiger partial charge in [0.15, 0.2) is 0 Å². The number of imide groups is 1. The maximum absolute atomic E-state index is 11.9. The van der Waals surface area contributed by atoms with Crippen molar-refractivity contribution in [2.24, 2.45) is 0 Å². The fourth-order valence-electron chi connectivity index (χ4n) is 1.21. The van der Waals surface area contributed by atoms with Gasteiger partial charge in [0.1, 0.15) is 6.54 Å². The van der Waals surface area contributed by atoms with Crippen molar-refractivity contribution >= 4 is 29.7 Å². The van der Waals surface area contributed by atoms with Gasteiger partial charge < -0.3 is 10.1 Å². The van der Waals surface area contributed by atoms with Crippen molar-refractivity contribution in [2.45, 2.75) is 36.9 Å². The Bertz CT molecular complexity index is 390. The summed E-state index contributed by atoms with van der Waals surface area (Å²) in [6.07, 6.45) is -4.46. The van der Waals surface area contributed by atoms with Gasteiger partial charge in [0, 0.05) is 5.25 Å². The molecule has 0 aliphatic rings. The highest BCUT2D eigenvalue weighted by Crippen LogP contribution is 2.20. The minimum Gasteiger partial charge on any atom is -0.469 e. The second-order valence-electron chi connectivity index (χ2n) is 4.16. The van der Waals surface area contributed by atoms with Gasteiger partial charge in [0.25, 0.3) is 0 Å². The molecule has 0 aliphatic carbocycles. The Balaban J connectivity index is 4.15. The van der Waals surface area contributed by atoms with Gasteiger partial charge in [-0.15, -0.1) is 11.8 Å². The van der Waals surface area contributed by atoms with Crippen molar-refractivity contribution in [3.05, 3.63) is 0 Å².